The lowest BCUT2D eigenvalue weighted by Crippen LogP contribution is -2.03. The van der Waals surface area contributed by atoms with Crippen molar-refractivity contribution in [3.63, 3.8) is 0 Å². The summed E-state index contributed by atoms with van der Waals surface area (Å²) >= 11 is 0. The van der Waals surface area contributed by atoms with Gasteiger partial charge < -0.3 is 14.8 Å². The van der Waals surface area contributed by atoms with Crippen LogP contribution >= 0.6 is 0 Å². The molecule has 156 valence electrons. The highest BCUT2D eigenvalue weighted by Gasteiger charge is 2.10. The van der Waals surface area contributed by atoms with Gasteiger partial charge >= 0.3 is 0 Å². The number of nitrogens with zero attached hydrogens (tertiary/aromatic N) is 1. The van der Waals surface area contributed by atoms with Gasteiger partial charge in [-0.1, -0.05) is 42.5 Å². The number of nitrogens with one attached hydrogen (secondary N) is 1. The van der Waals surface area contributed by atoms with E-state index in [1.165, 1.54) is 12.1 Å². The molecular weight excluding hydrogens is 391 g/mol. The van der Waals surface area contributed by atoms with Gasteiger partial charge in [-0.25, -0.2) is 9.37 Å². The molecule has 31 heavy (non-hydrogen) atoms. The van der Waals surface area contributed by atoms with E-state index in [-0.39, 0.29) is 5.82 Å². The number of ether oxygens (including phenoxy) is 1. The van der Waals surface area contributed by atoms with Gasteiger partial charge in [0.1, 0.15) is 17.9 Å². The van der Waals surface area contributed by atoms with Gasteiger partial charge in [0.15, 0.2) is 0 Å². The third kappa shape index (κ3) is 4.56. The first-order valence-corrected chi connectivity index (χ1v) is 10.3. The lowest BCUT2D eigenvalue weighted by Gasteiger charge is -2.13. The number of aromatic nitrogens is 1. The molecule has 0 saturated carbocycles. The third-order valence-corrected chi connectivity index (χ3v) is 5.03. The standard InChI is InChI=1S/C26H23FN2O2/c1-2-31-26-7-4-3-6-21(26)18-8-10-19(11-9-18)24-17-25(28-14-5-15-30)22-16-20(27)12-13-23(22)29-24/h3-4,6-13,15-17H,2,5,14H2,1H3,(H,28,29). The number of aldehydes is 1. The second-order valence-corrected chi connectivity index (χ2v) is 7.11. The third-order valence-electron chi connectivity index (χ3n) is 5.03. The summed E-state index contributed by atoms with van der Waals surface area (Å²) in [6.07, 6.45) is 1.24. The average molecular weight is 414 g/mol. The largest absolute Gasteiger partial charge is 0.493 e. The molecule has 5 heteroatoms. The monoisotopic (exact) mass is 414 g/mol. The number of benzene rings is 3. The van der Waals surface area contributed by atoms with Crippen molar-refractivity contribution in [3.8, 4) is 28.1 Å². The van der Waals surface area contributed by atoms with E-state index in [2.05, 4.69) is 5.32 Å². The van der Waals surface area contributed by atoms with Gasteiger partial charge in [0.05, 0.1) is 17.8 Å². The number of rotatable bonds is 8. The van der Waals surface area contributed by atoms with Gasteiger partial charge in [-0.3, -0.25) is 0 Å². The van der Waals surface area contributed by atoms with Crippen LogP contribution in [0, 0.1) is 5.82 Å². The fraction of sp³-hybridized carbons (Fsp3) is 0.154. The van der Waals surface area contributed by atoms with Crippen LogP contribution in [0.5, 0.6) is 5.75 Å². The highest BCUT2D eigenvalue weighted by Crippen LogP contribution is 2.33. The fourth-order valence-electron chi connectivity index (χ4n) is 3.56. The van der Waals surface area contributed by atoms with Crippen LogP contribution in [-0.2, 0) is 4.79 Å². The maximum absolute atomic E-state index is 13.8. The predicted octanol–water partition coefficient (Wildman–Crippen LogP) is 6.11. The summed E-state index contributed by atoms with van der Waals surface area (Å²) in [6, 6.07) is 22.5. The number of hydrogen-bond acceptors (Lipinski definition) is 4. The molecule has 0 aliphatic carbocycles. The van der Waals surface area contributed by atoms with Crippen molar-refractivity contribution in [1.29, 1.82) is 0 Å². The van der Waals surface area contributed by atoms with Crippen LogP contribution in [-0.4, -0.2) is 24.4 Å². The fourth-order valence-corrected chi connectivity index (χ4v) is 3.56. The summed E-state index contributed by atoms with van der Waals surface area (Å²) in [5.74, 6) is 0.531. The van der Waals surface area contributed by atoms with Gasteiger partial charge in [-0.2, -0.15) is 0 Å². The Hall–Kier alpha value is -3.73. The Morgan fingerprint density at radius 1 is 1.00 bits per heavy atom. The number of anilines is 1. The molecule has 0 atom stereocenters. The minimum Gasteiger partial charge on any atom is -0.493 e. The van der Waals surface area contributed by atoms with Crippen molar-refractivity contribution in [2.24, 2.45) is 0 Å². The van der Waals surface area contributed by atoms with Gasteiger partial charge in [0.2, 0.25) is 0 Å². The summed E-state index contributed by atoms with van der Waals surface area (Å²) in [5, 5.41) is 3.92. The van der Waals surface area contributed by atoms with E-state index in [1.54, 1.807) is 6.07 Å². The van der Waals surface area contributed by atoms with Crippen LogP contribution in [0.3, 0.4) is 0 Å². The molecule has 3 aromatic carbocycles. The highest BCUT2D eigenvalue weighted by molar-refractivity contribution is 5.94. The molecule has 0 bridgehead atoms. The Bertz CT molecular complexity index is 1210. The van der Waals surface area contributed by atoms with Gasteiger partial charge in [-0.15, -0.1) is 0 Å². The number of pyridine rings is 1. The number of fused-ring (bicyclic) bond motifs is 1. The maximum atomic E-state index is 13.8. The maximum Gasteiger partial charge on any atom is 0.127 e. The molecule has 0 aliphatic rings. The Morgan fingerprint density at radius 3 is 2.55 bits per heavy atom. The summed E-state index contributed by atoms with van der Waals surface area (Å²) in [7, 11) is 0. The lowest BCUT2D eigenvalue weighted by molar-refractivity contribution is -0.107. The Labute approximate surface area is 180 Å². The average Bonchev–Trinajstić information content (AvgIpc) is 2.80. The molecular formula is C26H23FN2O2. The van der Waals surface area contributed by atoms with Crippen molar-refractivity contribution in [2.75, 3.05) is 18.5 Å². The molecule has 0 fully saturated rings. The smallest absolute Gasteiger partial charge is 0.127 e. The zero-order chi connectivity index (χ0) is 21.6. The van der Waals surface area contributed by atoms with E-state index in [0.29, 0.717) is 30.5 Å². The van der Waals surface area contributed by atoms with Crippen LogP contribution in [0.4, 0.5) is 10.1 Å². The molecule has 0 amide bonds. The Morgan fingerprint density at radius 2 is 1.77 bits per heavy atom. The van der Waals surface area contributed by atoms with Crippen LogP contribution in [0.2, 0.25) is 0 Å². The molecule has 0 saturated heterocycles. The van der Waals surface area contributed by atoms with Crippen LogP contribution in [0.15, 0.2) is 72.8 Å². The van der Waals surface area contributed by atoms with Gasteiger partial charge in [-0.05, 0) is 42.8 Å². The number of carbonyl (C=O) groups is 1. The van der Waals surface area contributed by atoms with E-state index in [0.717, 1.165) is 40.1 Å². The van der Waals surface area contributed by atoms with Crippen molar-refractivity contribution in [1.82, 2.24) is 4.98 Å². The van der Waals surface area contributed by atoms with E-state index < -0.39 is 0 Å². The molecule has 0 aliphatic heterocycles. The molecule has 4 nitrogen and oxygen atoms in total. The molecule has 1 aromatic heterocycles. The summed E-state index contributed by atoms with van der Waals surface area (Å²) < 4.78 is 19.6. The normalized spacial score (nSPS) is 10.8. The van der Waals surface area contributed by atoms with Crippen LogP contribution in [0.25, 0.3) is 33.3 Å². The van der Waals surface area contributed by atoms with E-state index in [9.17, 15) is 9.18 Å². The zero-order valence-electron chi connectivity index (χ0n) is 17.3. The molecule has 1 N–H and O–H groups in total. The van der Waals surface area contributed by atoms with Crippen molar-refractivity contribution < 1.29 is 13.9 Å². The molecule has 1 heterocycles. The number of hydrogen-bond donors (Lipinski definition) is 1. The zero-order valence-corrected chi connectivity index (χ0v) is 17.3. The van der Waals surface area contributed by atoms with E-state index in [1.807, 2.05) is 61.5 Å². The number of halogens is 1. The Balaban J connectivity index is 1.72. The van der Waals surface area contributed by atoms with Crippen LogP contribution in [0.1, 0.15) is 13.3 Å². The number of carbonyl (C=O) groups excluding carboxylic acids is 1. The first-order valence-electron chi connectivity index (χ1n) is 10.3. The molecule has 0 unspecified atom stereocenters. The minimum atomic E-state index is -0.321. The lowest BCUT2D eigenvalue weighted by atomic mass is 10.0. The predicted molar refractivity (Wildman–Crippen MR) is 123 cm³/mol. The molecule has 4 aromatic rings. The number of para-hydroxylation sites is 1. The van der Waals surface area contributed by atoms with Crippen molar-refractivity contribution in [3.05, 3.63) is 78.6 Å². The summed E-state index contributed by atoms with van der Waals surface area (Å²) in [4.78, 5) is 15.4. The molecule has 4 rings (SSSR count). The van der Waals surface area contributed by atoms with E-state index in [4.69, 9.17) is 9.72 Å². The second kappa shape index (κ2) is 9.39. The van der Waals surface area contributed by atoms with Crippen LogP contribution < -0.4 is 10.1 Å². The first-order chi connectivity index (χ1) is 15.2. The highest BCUT2D eigenvalue weighted by atomic mass is 19.1. The van der Waals surface area contributed by atoms with Gasteiger partial charge in [0, 0.05) is 35.2 Å². The first kappa shape index (κ1) is 20.5. The van der Waals surface area contributed by atoms with E-state index >= 15 is 0 Å². The minimum absolute atomic E-state index is 0.321. The summed E-state index contributed by atoms with van der Waals surface area (Å²) in [6.45, 7) is 3.06. The molecule has 0 radical (unpaired) electrons. The summed E-state index contributed by atoms with van der Waals surface area (Å²) in [5.41, 5.74) is 5.26. The topological polar surface area (TPSA) is 51.2 Å². The van der Waals surface area contributed by atoms with Crippen molar-refractivity contribution in [2.45, 2.75) is 13.3 Å². The quantitative estimate of drug-likeness (QED) is 0.279. The SMILES string of the molecule is CCOc1ccccc1-c1ccc(-c2cc(NCCC=O)c3cc(F)ccc3n2)cc1. The Kier molecular flexibility index (Phi) is 6.22. The van der Waals surface area contributed by atoms with Gasteiger partial charge in [0.25, 0.3) is 0 Å². The second-order valence-electron chi connectivity index (χ2n) is 7.11. The molecule has 0 spiro atoms. The van der Waals surface area contributed by atoms with Crippen molar-refractivity contribution >= 4 is 22.9 Å².